The third-order valence-corrected chi connectivity index (χ3v) is 4.30. The molecule has 1 aliphatic carbocycles. The van der Waals surface area contributed by atoms with Crippen molar-refractivity contribution < 1.29 is 4.74 Å². The van der Waals surface area contributed by atoms with Crippen molar-refractivity contribution in [3.63, 3.8) is 0 Å². The molecule has 0 saturated carbocycles. The molecule has 2 aliphatic rings. The van der Waals surface area contributed by atoms with E-state index in [4.69, 9.17) is 4.74 Å². The molecule has 0 aromatic rings. The summed E-state index contributed by atoms with van der Waals surface area (Å²) in [5.41, 5.74) is 1.89. The van der Waals surface area contributed by atoms with E-state index in [1.165, 1.54) is 19.4 Å². The highest BCUT2D eigenvalue weighted by atomic mass is 16.5. The summed E-state index contributed by atoms with van der Waals surface area (Å²) in [7, 11) is 0. The molecule has 0 aromatic heterocycles. The van der Waals surface area contributed by atoms with Crippen molar-refractivity contribution in [3.05, 3.63) is 11.6 Å². The normalized spacial score (nSPS) is 33.2. The zero-order valence-electron chi connectivity index (χ0n) is 11.6. The highest BCUT2D eigenvalue weighted by molar-refractivity contribution is 5.06. The van der Waals surface area contributed by atoms with Crippen LogP contribution in [0.15, 0.2) is 11.6 Å². The lowest BCUT2D eigenvalue weighted by molar-refractivity contribution is 0.0433. The van der Waals surface area contributed by atoms with Gasteiger partial charge in [-0.2, -0.15) is 0 Å². The zero-order valence-corrected chi connectivity index (χ0v) is 11.6. The molecule has 1 saturated heterocycles. The number of hydrogen-bond acceptors (Lipinski definition) is 2. The molecule has 2 heteroatoms. The van der Waals surface area contributed by atoms with Crippen LogP contribution in [-0.2, 0) is 4.74 Å². The van der Waals surface area contributed by atoms with Crippen LogP contribution in [0.4, 0.5) is 0 Å². The third-order valence-electron chi connectivity index (χ3n) is 4.30. The van der Waals surface area contributed by atoms with Crippen molar-refractivity contribution in [2.45, 2.75) is 52.0 Å². The van der Waals surface area contributed by atoms with Crippen LogP contribution in [0.25, 0.3) is 0 Å². The SMILES string of the molecule is CC1=CC(C)CC(CNC2(C)CCOCC2)C1. The van der Waals surface area contributed by atoms with Crippen LogP contribution >= 0.6 is 0 Å². The molecule has 1 aliphatic heterocycles. The Labute approximate surface area is 106 Å². The molecule has 0 bridgehead atoms. The monoisotopic (exact) mass is 237 g/mol. The summed E-state index contributed by atoms with van der Waals surface area (Å²) in [6.07, 6.45) is 7.38. The Morgan fingerprint density at radius 1 is 1.41 bits per heavy atom. The zero-order chi connectivity index (χ0) is 12.3. The Morgan fingerprint density at radius 2 is 2.12 bits per heavy atom. The standard InChI is InChI=1S/C15H27NO/c1-12-8-13(2)10-14(9-12)11-16-15(3)4-6-17-7-5-15/h8,12,14,16H,4-7,9-11H2,1-3H3. The van der Waals surface area contributed by atoms with Gasteiger partial charge in [0.25, 0.3) is 0 Å². The molecule has 0 radical (unpaired) electrons. The number of allylic oxidation sites excluding steroid dienone is 2. The first-order chi connectivity index (χ1) is 8.07. The van der Waals surface area contributed by atoms with Gasteiger partial charge in [0.05, 0.1) is 0 Å². The molecule has 1 N–H and O–H groups in total. The molecular weight excluding hydrogens is 210 g/mol. The predicted molar refractivity (Wildman–Crippen MR) is 72.1 cm³/mol. The van der Waals surface area contributed by atoms with E-state index < -0.39 is 0 Å². The lowest BCUT2D eigenvalue weighted by atomic mass is 9.82. The first-order valence-corrected chi connectivity index (χ1v) is 7.07. The Hall–Kier alpha value is -0.340. The molecule has 2 unspecified atom stereocenters. The number of nitrogens with one attached hydrogen (secondary N) is 1. The molecule has 2 atom stereocenters. The van der Waals surface area contributed by atoms with E-state index in [2.05, 4.69) is 32.2 Å². The van der Waals surface area contributed by atoms with E-state index in [1.807, 2.05) is 0 Å². The molecule has 0 amide bonds. The highest BCUT2D eigenvalue weighted by Crippen LogP contribution is 2.28. The smallest absolute Gasteiger partial charge is 0.0483 e. The summed E-state index contributed by atoms with van der Waals surface area (Å²) in [4.78, 5) is 0. The van der Waals surface area contributed by atoms with Gasteiger partial charge < -0.3 is 10.1 Å². The molecular formula is C15H27NO. The van der Waals surface area contributed by atoms with Crippen LogP contribution < -0.4 is 5.32 Å². The van der Waals surface area contributed by atoms with E-state index in [-0.39, 0.29) is 0 Å². The topological polar surface area (TPSA) is 21.3 Å². The number of hydrogen-bond donors (Lipinski definition) is 1. The largest absolute Gasteiger partial charge is 0.381 e. The van der Waals surface area contributed by atoms with Gasteiger partial charge in [0.15, 0.2) is 0 Å². The van der Waals surface area contributed by atoms with Crippen molar-refractivity contribution in [2.75, 3.05) is 19.8 Å². The van der Waals surface area contributed by atoms with Crippen molar-refractivity contribution >= 4 is 0 Å². The maximum absolute atomic E-state index is 5.44. The van der Waals surface area contributed by atoms with E-state index in [0.29, 0.717) is 5.54 Å². The summed E-state index contributed by atoms with van der Waals surface area (Å²) in [5.74, 6) is 1.59. The average Bonchev–Trinajstić information content (AvgIpc) is 2.26. The van der Waals surface area contributed by atoms with E-state index in [1.54, 1.807) is 5.57 Å². The van der Waals surface area contributed by atoms with Gasteiger partial charge in [-0.3, -0.25) is 0 Å². The van der Waals surface area contributed by atoms with Crippen LogP contribution in [0.2, 0.25) is 0 Å². The van der Waals surface area contributed by atoms with Crippen molar-refractivity contribution in [2.24, 2.45) is 11.8 Å². The molecule has 17 heavy (non-hydrogen) atoms. The fourth-order valence-electron chi connectivity index (χ4n) is 3.23. The maximum Gasteiger partial charge on any atom is 0.0483 e. The van der Waals surface area contributed by atoms with Crippen LogP contribution in [0.5, 0.6) is 0 Å². The molecule has 2 nitrogen and oxygen atoms in total. The van der Waals surface area contributed by atoms with Crippen molar-refractivity contribution in [1.29, 1.82) is 0 Å². The van der Waals surface area contributed by atoms with Crippen LogP contribution in [0.3, 0.4) is 0 Å². The predicted octanol–water partition coefficient (Wildman–Crippen LogP) is 3.14. The van der Waals surface area contributed by atoms with Gasteiger partial charge in [-0.25, -0.2) is 0 Å². The van der Waals surface area contributed by atoms with Crippen LogP contribution in [-0.4, -0.2) is 25.3 Å². The molecule has 2 rings (SSSR count). The van der Waals surface area contributed by atoms with Gasteiger partial charge >= 0.3 is 0 Å². The molecule has 1 heterocycles. The lowest BCUT2D eigenvalue weighted by Crippen LogP contribution is -2.48. The summed E-state index contributed by atoms with van der Waals surface area (Å²) in [6.45, 7) is 9.98. The number of ether oxygens (including phenoxy) is 1. The Kier molecular flexibility index (Phi) is 4.26. The van der Waals surface area contributed by atoms with Gasteiger partial charge in [-0.05, 0) is 57.9 Å². The molecule has 0 aromatic carbocycles. The fraction of sp³-hybridized carbons (Fsp3) is 0.867. The highest BCUT2D eigenvalue weighted by Gasteiger charge is 2.28. The maximum atomic E-state index is 5.44. The van der Waals surface area contributed by atoms with Gasteiger partial charge in [-0.15, -0.1) is 0 Å². The van der Waals surface area contributed by atoms with Crippen LogP contribution in [0, 0.1) is 11.8 Å². The van der Waals surface area contributed by atoms with E-state index >= 15 is 0 Å². The van der Waals surface area contributed by atoms with Gasteiger partial charge in [0, 0.05) is 18.8 Å². The quantitative estimate of drug-likeness (QED) is 0.761. The van der Waals surface area contributed by atoms with Gasteiger partial charge in [-0.1, -0.05) is 18.6 Å². The minimum Gasteiger partial charge on any atom is -0.381 e. The van der Waals surface area contributed by atoms with Crippen molar-refractivity contribution in [1.82, 2.24) is 5.32 Å². The van der Waals surface area contributed by atoms with E-state index in [0.717, 1.165) is 37.9 Å². The number of rotatable bonds is 3. The molecule has 0 spiro atoms. The summed E-state index contributed by atoms with van der Waals surface area (Å²) >= 11 is 0. The second-order valence-corrected chi connectivity index (χ2v) is 6.35. The Morgan fingerprint density at radius 3 is 2.76 bits per heavy atom. The first-order valence-electron chi connectivity index (χ1n) is 7.07. The molecule has 98 valence electrons. The Bertz CT molecular complexity index is 279. The summed E-state index contributed by atoms with van der Waals surface area (Å²) < 4.78 is 5.44. The second-order valence-electron chi connectivity index (χ2n) is 6.35. The van der Waals surface area contributed by atoms with Crippen molar-refractivity contribution in [3.8, 4) is 0 Å². The lowest BCUT2D eigenvalue weighted by Gasteiger charge is -2.37. The average molecular weight is 237 g/mol. The minimum atomic E-state index is 0.316. The second kappa shape index (κ2) is 5.53. The summed E-state index contributed by atoms with van der Waals surface area (Å²) in [5, 5.41) is 3.80. The Balaban J connectivity index is 1.80. The first kappa shape index (κ1) is 13.1. The summed E-state index contributed by atoms with van der Waals surface area (Å²) in [6, 6.07) is 0. The molecule has 1 fully saturated rings. The third kappa shape index (κ3) is 3.82. The van der Waals surface area contributed by atoms with Gasteiger partial charge in [0.1, 0.15) is 0 Å². The fourth-order valence-corrected chi connectivity index (χ4v) is 3.23. The van der Waals surface area contributed by atoms with E-state index in [9.17, 15) is 0 Å². The minimum absolute atomic E-state index is 0.316. The van der Waals surface area contributed by atoms with Crippen LogP contribution in [0.1, 0.15) is 46.5 Å². The van der Waals surface area contributed by atoms with Gasteiger partial charge in [0.2, 0.25) is 0 Å².